The minimum absolute atomic E-state index is 0.0129. The molecule has 5 heteroatoms. The lowest BCUT2D eigenvalue weighted by molar-refractivity contribution is -0.136. The molecule has 1 aromatic heterocycles. The Bertz CT molecular complexity index is 350. The number of carbonyl (C=O) groups is 1. The van der Waals surface area contributed by atoms with E-state index in [2.05, 4.69) is 17.2 Å². The van der Waals surface area contributed by atoms with Gasteiger partial charge in [-0.3, -0.25) is 4.79 Å². The van der Waals surface area contributed by atoms with Crippen molar-refractivity contribution in [1.82, 2.24) is 4.98 Å². The van der Waals surface area contributed by atoms with Crippen LogP contribution in [0.1, 0.15) is 36.8 Å². The Balaban J connectivity index is 2.45. The Kier molecular flexibility index (Phi) is 5.25. The second-order valence-corrected chi connectivity index (χ2v) is 4.93. The van der Waals surface area contributed by atoms with Crippen molar-refractivity contribution < 1.29 is 9.90 Å². The smallest absolute Gasteiger partial charge is 0.309 e. The average Bonchev–Trinajstić information content (AvgIpc) is 2.54. The van der Waals surface area contributed by atoms with Crippen LogP contribution in [-0.4, -0.2) is 22.6 Å². The summed E-state index contributed by atoms with van der Waals surface area (Å²) in [6.07, 6.45) is 3.55. The van der Waals surface area contributed by atoms with Crippen molar-refractivity contribution in [3.63, 3.8) is 0 Å². The van der Waals surface area contributed by atoms with Gasteiger partial charge in [0.05, 0.1) is 12.1 Å². The number of rotatable bonds is 7. The largest absolute Gasteiger partial charge is 0.481 e. The Morgan fingerprint density at radius 2 is 2.25 bits per heavy atom. The lowest BCUT2D eigenvalue weighted by Crippen LogP contribution is -2.03. The number of thiazole rings is 1. The second-order valence-electron chi connectivity index (χ2n) is 3.73. The number of hydrogen-bond acceptors (Lipinski definition) is 4. The SMILES string of the molecule is CCCCCNc1nc(CC(=O)O)c(C)s1. The predicted molar refractivity (Wildman–Crippen MR) is 66.2 cm³/mol. The molecule has 4 nitrogen and oxygen atoms in total. The van der Waals surface area contributed by atoms with E-state index in [9.17, 15) is 4.79 Å². The van der Waals surface area contributed by atoms with E-state index in [-0.39, 0.29) is 6.42 Å². The van der Waals surface area contributed by atoms with Gasteiger partial charge in [0.2, 0.25) is 0 Å². The van der Waals surface area contributed by atoms with Crippen LogP contribution in [0, 0.1) is 6.92 Å². The number of aryl methyl sites for hydroxylation is 1. The fourth-order valence-electron chi connectivity index (χ4n) is 1.38. The summed E-state index contributed by atoms with van der Waals surface area (Å²) in [4.78, 5) is 15.8. The van der Waals surface area contributed by atoms with E-state index in [1.165, 1.54) is 24.2 Å². The summed E-state index contributed by atoms with van der Waals surface area (Å²) in [5.74, 6) is -0.828. The minimum atomic E-state index is -0.828. The van der Waals surface area contributed by atoms with Crippen LogP contribution in [0.2, 0.25) is 0 Å². The summed E-state index contributed by atoms with van der Waals surface area (Å²) < 4.78 is 0. The van der Waals surface area contributed by atoms with Gasteiger partial charge in [-0.2, -0.15) is 0 Å². The summed E-state index contributed by atoms with van der Waals surface area (Å²) in [6, 6.07) is 0. The maximum atomic E-state index is 10.6. The monoisotopic (exact) mass is 242 g/mol. The van der Waals surface area contributed by atoms with Crippen LogP contribution >= 0.6 is 11.3 Å². The normalized spacial score (nSPS) is 10.4. The molecule has 2 N–H and O–H groups in total. The first-order valence-electron chi connectivity index (χ1n) is 5.55. The summed E-state index contributed by atoms with van der Waals surface area (Å²) in [5.41, 5.74) is 0.676. The van der Waals surface area contributed by atoms with Crippen molar-refractivity contribution in [2.75, 3.05) is 11.9 Å². The molecule has 0 unspecified atom stereocenters. The van der Waals surface area contributed by atoms with Crippen LogP contribution < -0.4 is 5.32 Å². The van der Waals surface area contributed by atoms with Crippen molar-refractivity contribution in [2.45, 2.75) is 39.5 Å². The molecule has 0 saturated carbocycles. The van der Waals surface area contributed by atoms with Crippen LogP contribution in [0.25, 0.3) is 0 Å². The minimum Gasteiger partial charge on any atom is -0.481 e. The zero-order valence-corrected chi connectivity index (χ0v) is 10.6. The Morgan fingerprint density at radius 1 is 1.50 bits per heavy atom. The van der Waals surface area contributed by atoms with E-state index in [0.717, 1.165) is 23.0 Å². The number of carboxylic acid groups (broad SMARTS) is 1. The van der Waals surface area contributed by atoms with Gasteiger partial charge in [0.15, 0.2) is 5.13 Å². The first-order chi connectivity index (χ1) is 7.63. The number of aliphatic carboxylic acids is 1. The molecule has 0 aliphatic carbocycles. The van der Waals surface area contributed by atoms with Crippen molar-refractivity contribution in [1.29, 1.82) is 0 Å². The van der Waals surface area contributed by atoms with Gasteiger partial charge in [0.1, 0.15) is 0 Å². The number of hydrogen-bond donors (Lipinski definition) is 2. The van der Waals surface area contributed by atoms with E-state index in [1.54, 1.807) is 0 Å². The molecule has 0 fully saturated rings. The zero-order valence-electron chi connectivity index (χ0n) is 9.75. The quantitative estimate of drug-likeness (QED) is 0.722. The van der Waals surface area contributed by atoms with Crippen molar-refractivity contribution in [2.24, 2.45) is 0 Å². The molecular formula is C11H18N2O2S. The maximum Gasteiger partial charge on any atom is 0.309 e. The topological polar surface area (TPSA) is 62.2 Å². The molecule has 0 aliphatic heterocycles. The molecule has 0 aliphatic rings. The highest BCUT2D eigenvalue weighted by molar-refractivity contribution is 7.15. The molecule has 1 aromatic rings. The van der Waals surface area contributed by atoms with Crippen molar-refractivity contribution >= 4 is 22.4 Å². The van der Waals surface area contributed by atoms with Crippen LogP contribution in [0.5, 0.6) is 0 Å². The molecule has 0 spiro atoms. The molecule has 0 aromatic carbocycles. The zero-order chi connectivity index (χ0) is 12.0. The molecule has 0 saturated heterocycles. The van der Waals surface area contributed by atoms with Crippen molar-refractivity contribution in [3.05, 3.63) is 10.6 Å². The Morgan fingerprint density at radius 3 is 2.88 bits per heavy atom. The summed E-state index contributed by atoms with van der Waals surface area (Å²) in [6.45, 7) is 4.99. The third-order valence-electron chi connectivity index (χ3n) is 2.27. The molecular weight excluding hydrogens is 224 g/mol. The van der Waals surface area contributed by atoms with Gasteiger partial charge in [-0.05, 0) is 13.3 Å². The molecule has 1 heterocycles. The van der Waals surface area contributed by atoms with Gasteiger partial charge >= 0.3 is 5.97 Å². The van der Waals surface area contributed by atoms with Crippen LogP contribution in [0.15, 0.2) is 0 Å². The fourth-order valence-corrected chi connectivity index (χ4v) is 2.24. The standard InChI is InChI=1S/C11H18N2O2S/c1-3-4-5-6-12-11-13-9(7-10(14)15)8(2)16-11/h3-7H2,1-2H3,(H,12,13)(H,14,15). The molecule has 0 amide bonds. The lowest BCUT2D eigenvalue weighted by atomic mass is 10.2. The highest BCUT2D eigenvalue weighted by atomic mass is 32.1. The van der Waals surface area contributed by atoms with Gasteiger partial charge in [0.25, 0.3) is 0 Å². The second kappa shape index (κ2) is 6.48. The van der Waals surface area contributed by atoms with Crippen LogP contribution in [0.3, 0.4) is 0 Å². The molecule has 0 bridgehead atoms. The number of carboxylic acids is 1. The van der Waals surface area contributed by atoms with E-state index >= 15 is 0 Å². The number of aromatic nitrogens is 1. The van der Waals surface area contributed by atoms with Gasteiger partial charge in [-0.1, -0.05) is 19.8 Å². The van der Waals surface area contributed by atoms with Crippen LogP contribution in [0.4, 0.5) is 5.13 Å². The van der Waals surface area contributed by atoms with Crippen LogP contribution in [-0.2, 0) is 11.2 Å². The van der Waals surface area contributed by atoms with E-state index < -0.39 is 5.97 Å². The fraction of sp³-hybridized carbons (Fsp3) is 0.636. The summed E-state index contributed by atoms with van der Waals surface area (Å²) in [5, 5.41) is 12.8. The van der Waals surface area contributed by atoms with Gasteiger partial charge in [0, 0.05) is 11.4 Å². The number of nitrogens with one attached hydrogen (secondary N) is 1. The third kappa shape index (κ3) is 4.18. The number of anilines is 1. The molecule has 0 atom stereocenters. The Hall–Kier alpha value is -1.10. The van der Waals surface area contributed by atoms with Gasteiger partial charge in [-0.15, -0.1) is 11.3 Å². The average molecular weight is 242 g/mol. The third-order valence-corrected chi connectivity index (χ3v) is 3.24. The highest BCUT2D eigenvalue weighted by Gasteiger charge is 2.10. The van der Waals surface area contributed by atoms with E-state index in [0.29, 0.717) is 5.69 Å². The van der Waals surface area contributed by atoms with Gasteiger partial charge in [-0.25, -0.2) is 4.98 Å². The molecule has 0 radical (unpaired) electrons. The summed E-state index contributed by atoms with van der Waals surface area (Å²) in [7, 11) is 0. The first-order valence-corrected chi connectivity index (χ1v) is 6.37. The van der Waals surface area contributed by atoms with Crippen molar-refractivity contribution in [3.8, 4) is 0 Å². The first kappa shape index (κ1) is 13.0. The maximum absolute atomic E-state index is 10.6. The van der Waals surface area contributed by atoms with Gasteiger partial charge < -0.3 is 10.4 Å². The summed E-state index contributed by atoms with van der Waals surface area (Å²) >= 11 is 1.53. The molecule has 1 rings (SSSR count). The lowest BCUT2D eigenvalue weighted by Gasteiger charge is -2.00. The Labute approximate surface area is 99.7 Å². The number of unbranched alkanes of at least 4 members (excludes halogenated alkanes) is 2. The van der Waals surface area contributed by atoms with E-state index in [4.69, 9.17) is 5.11 Å². The number of nitrogens with zero attached hydrogens (tertiary/aromatic N) is 1. The molecule has 16 heavy (non-hydrogen) atoms. The van der Waals surface area contributed by atoms with E-state index in [1.807, 2.05) is 6.92 Å². The highest BCUT2D eigenvalue weighted by Crippen LogP contribution is 2.22. The predicted octanol–water partition coefficient (Wildman–Crippen LogP) is 2.68. The molecule has 90 valence electrons.